The van der Waals surface area contributed by atoms with E-state index < -0.39 is 5.60 Å². The van der Waals surface area contributed by atoms with Crippen LogP contribution >= 0.6 is 0 Å². The third-order valence-corrected chi connectivity index (χ3v) is 4.27. The van der Waals surface area contributed by atoms with Crippen molar-refractivity contribution in [1.82, 2.24) is 0 Å². The molecule has 1 aromatic rings. The van der Waals surface area contributed by atoms with Gasteiger partial charge in [-0.15, -0.1) is 6.58 Å². The summed E-state index contributed by atoms with van der Waals surface area (Å²) in [5.74, 6) is 0.0659. The summed E-state index contributed by atoms with van der Waals surface area (Å²) in [5.41, 5.74) is 3.78. The molecule has 0 radical (unpaired) electrons. The monoisotopic (exact) mass is 324 g/mol. The van der Waals surface area contributed by atoms with E-state index in [9.17, 15) is 4.79 Å². The molecule has 0 saturated heterocycles. The third kappa shape index (κ3) is 4.25. The Morgan fingerprint density at radius 2 is 1.83 bits per heavy atom. The van der Waals surface area contributed by atoms with Gasteiger partial charge in [-0.2, -0.15) is 0 Å². The second kappa shape index (κ2) is 7.21. The van der Waals surface area contributed by atoms with Gasteiger partial charge in [0.2, 0.25) is 0 Å². The maximum atomic E-state index is 12.8. The van der Waals surface area contributed by atoms with Crippen molar-refractivity contribution in [2.45, 2.75) is 52.6 Å². The quantitative estimate of drug-likeness (QED) is 0.536. The average Bonchev–Trinajstić information content (AvgIpc) is 2.52. The second-order valence-corrected chi connectivity index (χ2v) is 7.60. The Morgan fingerprint density at radius 3 is 2.33 bits per heavy atom. The number of esters is 1. The van der Waals surface area contributed by atoms with E-state index in [2.05, 4.69) is 32.6 Å². The summed E-state index contributed by atoms with van der Waals surface area (Å²) in [6.07, 6.45) is 4.86. The molecule has 0 bridgehead atoms. The molecule has 1 aliphatic carbocycles. The number of benzene rings is 1. The van der Waals surface area contributed by atoms with Gasteiger partial charge < -0.3 is 4.74 Å². The summed E-state index contributed by atoms with van der Waals surface area (Å²) >= 11 is 0. The predicted octanol–water partition coefficient (Wildman–Crippen LogP) is 5.58. The van der Waals surface area contributed by atoms with Gasteiger partial charge in [0.05, 0.1) is 0 Å². The molecule has 0 heterocycles. The molecule has 0 spiro atoms. The van der Waals surface area contributed by atoms with Crippen LogP contribution in [0.4, 0.5) is 0 Å². The smallest absolute Gasteiger partial charge is 0.335 e. The molecule has 0 saturated carbocycles. The molecular formula is C22H28O2. The van der Waals surface area contributed by atoms with E-state index in [1.54, 1.807) is 0 Å². The summed E-state index contributed by atoms with van der Waals surface area (Å²) in [6.45, 7) is 13.9. The molecule has 2 rings (SSSR count). The van der Waals surface area contributed by atoms with E-state index >= 15 is 0 Å². The Bertz CT molecular complexity index is 668. The van der Waals surface area contributed by atoms with Gasteiger partial charge in [-0.1, -0.05) is 42.0 Å². The van der Waals surface area contributed by atoms with E-state index in [1.165, 1.54) is 11.1 Å². The van der Waals surface area contributed by atoms with Gasteiger partial charge in [-0.3, -0.25) is 0 Å². The molecule has 0 aromatic heterocycles. The fourth-order valence-corrected chi connectivity index (χ4v) is 3.16. The lowest BCUT2D eigenvalue weighted by Gasteiger charge is -2.32. The molecule has 128 valence electrons. The van der Waals surface area contributed by atoms with Crippen LogP contribution in [0.1, 0.15) is 52.5 Å². The summed E-state index contributed by atoms with van der Waals surface area (Å²) in [4.78, 5) is 12.8. The van der Waals surface area contributed by atoms with Crippen LogP contribution in [-0.4, -0.2) is 11.6 Å². The van der Waals surface area contributed by atoms with E-state index in [4.69, 9.17) is 4.74 Å². The minimum atomic E-state index is -0.500. The SMILES string of the molecule is C=C[C@H]1C[C@@H](c2ccccc2)C(C(=O)OC(C)(C)C)=CC1=C(C)C. The lowest BCUT2D eigenvalue weighted by molar-refractivity contribution is -0.150. The highest BCUT2D eigenvalue weighted by Gasteiger charge is 2.33. The number of carbonyl (C=O) groups excluding carboxylic acids is 1. The zero-order valence-electron chi connectivity index (χ0n) is 15.4. The number of carbonyl (C=O) groups is 1. The van der Waals surface area contributed by atoms with Crippen LogP contribution in [0, 0.1) is 5.92 Å². The molecule has 0 aliphatic heterocycles. The first-order valence-electron chi connectivity index (χ1n) is 8.52. The van der Waals surface area contributed by atoms with E-state index in [0.29, 0.717) is 0 Å². The minimum absolute atomic E-state index is 0.0344. The second-order valence-electron chi connectivity index (χ2n) is 7.60. The van der Waals surface area contributed by atoms with E-state index in [1.807, 2.05) is 51.1 Å². The first-order chi connectivity index (χ1) is 11.2. The molecule has 24 heavy (non-hydrogen) atoms. The lowest BCUT2D eigenvalue weighted by atomic mass is 9.74. The van der Waals surface area contributed by atoms with E-state index in [0.717, 1.165) is 17.6 Å². The summed E-state index contributed by atoms with van der Waals surface area (Å²) < 4.78 is 5.67. The van der Waals surface area contributed by atoms with Gasteiger partial charge in [0, 0.05) is 17.4 Å². The van der Waals surface area contributed by atoms with Crippen LogP contribution in [0.5, 0.6) is 0 Å². The van der Waals surface area contributed by atoms with Gasteiger partial charge in [0.15, 0.2) is 0 Å². The van der Waals surface area contributed by atoms with Crippen molar-refractivity contribution in [1.29, 1.82) is 0 Å². The zero-order chi connectivity index (χ0) is 17.9. The molecule has 2 nitrogen and oxygen atoms in total. The van der Waals surface area contributed by atoms with Crippen LogP contribution in [0.25, 0.3) is 0 Å². The van der Waals surface area contributed by atoms with Crippen molar-refractivity contribution in [2.24, 2.45) is 5.92 Å². The number of allylic oxidation sites excluding steroid dienone is 4. The van der Waals surface area contributed by atoms with Crippen LogP contribution in [-0.2, 0) is 9.53 Å². The number of rotatable bonds is 3. The standard InChI is InChI=1S/C22H28O2/c1-7-16-13-19(17-11-9-8-10-12-17)20(14-18(16)15(2)3)21(23)24-22(4,5)6/h7-12,14,16,19H,1,13H2,2-6H3/t16-,19-/m0/s1. The first kappa shape index (κ1) is 18.3. The molecule has 0 amide bonds. The van der Waals surface area contributed by atoms with Crippen molar-refractivity contribution in [2.75, 3.05) is 0 Å². The highest BCUT2D eigenvalue weighted by molar-refractivity contribution is 5.91. The van der Waals surface area contributed by atoms with Crippen molar-refractivity contribution < 1.29 is 9.53 Å². The highest BCUT2D eigenvalue weighted by Crippen LogP contribution is 2.41. The molecule has 0 N–H and O–H groups in total. The molecule has 1 aromatic carbocycles. The molecule has 0 fully saturated rings. The third-order valence-electron chi connectivity index (χ3n) is 4.27. The van der Waals surface area contributed by atoms with Gasteiger partial charge in [-0.05, 0) is 58.3 Å². The summed E-state index contributed by atoms with van der Waals surface area (Å²) in [7, 11) is 0. The topological polar surface area (TPSA) is 26.3 Å². The lowest BCUT2D eigenvalue weighted by Crippen LogP contribution is -2.29. The Morgan fingerprint density at radius 1 is 1.21 bits per heavy atom. The van der Waals surface area contributed by atoms with Gasteiger partial charge >= 0.3 is 5.97 Å². The average molecular weight is 324 g/mol. The number of ether oxygens (including phenoxy) is 1. The van der Waals surface area contributed by atoms with Crippen LogP contribution in [0.15, 0.2) is 65.8 Å². The van der Waals surface area contributed by atoms with Gasteiger partial charge in [0.1, 0.15) is 5.60 Å². The van der Waals surface area contributed by atoms with Crippen molar-refractivity contribution >= 4 is 5.97 Å². The molecular weight excluding hydrogens is 296 g/mol. The fraction of sp³-hybridized carbons (Fsp3) is 0.409. The van der Waals surface area contributed by atoms with Crippen LogP contribution in [0.3, 0.4) is 0 Å². The minimum Gasteiger partial charge on any atom is -0.457 e. The van der Waals surface area contributed by atoms with Crippen LogP contribution in [0.2, 0.25) is 0 Å². The molecule has 2 atom stereocenters. The number of hydrogen-bond donors (Lipinski definition) is 0. The normalized spacial score (nSPS) is 21.0. The van der Waals surface area contributed by atoms with Crippen LogP contribution < -0.4 is 0 Å². The van der Waals surface area contributed by atoms with Crippen molar-refractivity contribution in [3.05, 3.63) is 71.3 Å². The first-order valence-corrected chi connectivity index (χ1v) is 8.52. The van der Waals surface area contributed by atoms with E-state index in [-0.39, 0.29) is 17.8 Å². The zero-order valence-corrected chi connectivity index (χ0v) is 15.4. The Balaban J connectivity index is 2.51. The van der Waals surface area contributed by atoms with Crippen molar-refractivity contribution in [3.63, 3.8) is 0 Å². The molecule has 0 unspecified atom stereocenters. The number of hydrogen-bond acceptors (Lipinski definition) is 2. The Labute approximate surface area is 145 Å². The van der Waals surface area contributed by atoms with Crippen molar-refractivity contribution in [3.8, 4) is 0 Å². The molecule has 2 heteroatoms. The predicted molar refractivity (Wildman–Crippen MR) is 99.8 cm³/mol. The Kier molecular flexibility index (Phi) is 5.48. The summed E-state index contributed by atoms with van der Waals surface area (Å²) in [6, 6.07) is 10.2. The maximum absolute atomic E-state index is 12.8. The highest BCUT2D eigenvalue weighted by atomic mass is 16.6. The Hall–Kier alpha value is -2.09. The summed E-state index contributed by atoms with van der Waals surface area (Å²) in [5, 5.41) is 0. The maximum Gasteiger partial charge on any atom is 0.335 e. The largest absolute Gasteiger partial charge is 0.457 e. The van der Waals surface area contributed by atoms with Gasteiger partial charge in [0.25, 0.3) is 0 Å². The fourth-order valence-electron chi connectivity index (χ4n) is 3.16. The molecule has 1 aliphatic rings. The van der Waals surface area contributed by atoms with Gasteiger partial charge in [-0.25, -0.2) is 4.79 Å².